The highest BCUT2D eigenvalue weighted by atomic mass is 16.3. The number of nitrogen functional groups attached to an aromatic ring is 1. The molecule has 22 heavy (non-hydrogen) atoms. The van der Waals surface area contributed by atoms with Gasteiger partial charge in [-0.05, 0) is 24.4 Å². The van der Waals surface area contributed by atoms with Crippen molar-refractivity contribution in [1.29, 1.82) is 0 Å². The van der Waals surface area contributed by atoms with Crippen LogP contribution in [0.4, 0.5) is 17.6 Å². The maximum absolute atomic E-state index is 12.3. The number of aromatic hydroxyl groups is 1. The molecule has 0 fully saturated rings. The fraction of sp³-hybridized carbons (Fsp3) is 0.143. The third kappa shape index (κ3) is 2.41. The van der Waals surface area contributed by atoms with Crippen molar-refractivity contribution in [1.82, 2.24) is 19.5 Å². The third-order valence-electron chi connectivity index (χ3n) is 3.21. The van der Waals surface area contributed by atoms with Gasteiger partial charge in [0.15, 0.2) is 0 Å². The summed E-state index contributed by atoms with van der Waals surface area (Å²) in [6.45, 7) is 2.44. The van der Waals surface area contributed by atoms with Gasteiger partial charge in [-0.15, -0.1) is 0 Å². The van der Waals surface area contributed by atoms with Gasteiger partial charge in [-0.2, -0.15) is 4.98 Å². The summed E-state index contributed by atoms with van der Waals surface area (Å²) in [5.74, 6) is 0.558. The van der Waals surface area contributed by atoms with Crippen LogP contribution in [0.3, 0.4) is 0 Å². The van der Waals surface area contributed by atoms with Crippen LogP contribution in [0.2, 0.25) is 0 Å². The van der Waals surface area contributed by atoms with E-state index in [0.29, 0.717) is 23.1 Å². The summed E-state index contributed by atoms with van der Waals surface area (Å²) in [5.41, 5.74) is 5.73. The first kappa shape index (κ1) is 13.8. The molecule has 0 saturated carbocycles. The molecule has 112 valence electrons. The normalized spacial score (nSPS) is 10.8. The number of nitrogens with zero attached hydrogens (tertiary/aromatic N) is 4. The molecule has 8 nitrogen and oxygen atoms in total. The number of hydrogen-bond acceptors (Lipinski definition) is 7. The van der Waals surface area contributed by atoms with E-state index in [0.717, 1.165) is 0 Å². The summed E-state index contributed by atoms with van der Waals surface area (Å²) in [6, 6.07) is 4.84. The lowest BCUT2D eigenvalue weighted by Gasteiger charge is -2.09. The zero-order chi connectivity index (χ0) is 15.7. The van der Waals surface area contributed by atoms with Gasteiger partial charge >= 0.3 is 0 Å². The Kier molecular flexibility index (Phi) is 3.34. The first-order valence-corrected chi connectivity index (χ1v) is 6.67. The topological polar surface area (TPSA) is 119 Å². The van der Waals surface area contributed by atoms with E-state index in [-0.39, 0.29) is 23.2 Å². The average Bonchev–Trinajstić information content (AvgIpc) is 2.47. The summed E-state index contributed by atoms with van der Waals surface area (Å²) >= 11 is 0. The Hall–Kier alpha value is -3.16. The fourth-order valence-corrected chi connectivity index (χ4v) is 2.17. The molecule has 3 rings (SSSR count). The molecule has 3 aromatic rings. The number of nitrogens with one attached hydrogen (secondary N) is 1. The Morgan fingerprint density at radius 3 is 2.91 bits per heavy atom. The number of hydrogen-bond donors (Lipinski definition) is 3. The summed E-state index contributed by atoms with van der Waals surface area (Å²) in [7, 11) is 0. The maximum atomic E-state index is 12.3. The standard InChI is InChI=1S/C14H14N6O2/c1-2-20-6-4-8-7-9(17-12(15)11(8)13(20)22)18-14-16-5-3-10(21)19-14/h3-7H,2H2,1H3,(H4,15,16,17,18,19,21). The molecule has 0 amide bonds. The Bertz CT molecular complexity index is 905. The van der Waals surface area contributed by atoms with E-state index < -0.39 is 0 Å². The number of aromatic nitrogens is 4. The number of aryl methyl sites for hydroxylation is 1. The molecule has 0 spiro atoms. The van der Waals surface area contributed by atoms with Crippen molar-refractivity contribution in [2.24, 2.45) is 0 Å². The number of anilines is 3. The van der Waals surface area contributed by atoms with Crippen molar-refractivity contribution in [2.75, 3.05) is 11.1 Å². The van der Waals surface area contributed by atoms with E-state index in [9.17, 15) is 9.90 Å². The minimum atomic E-state index is -0.176. The molecular formula is C14H14N6O2. The predicted molar refractivity (Wildman–Crippen MR) is 83.1 cm³/mol. The van der Waals surface area contributed by atoms with E-state index in [4.69, 9.17) is 5.73 Å². The highest BCUT2D eigenvalue weighted by Crippen LogP contribution is 2.21. The van der Waals surface area contributed by atoms with Gasteiger partial charge in [-0.25, -0.2) is 9.97 Å². The van der Waals surface area contributed by atoms with E-state index >= 15 is 0 Å². The van der Waals surface area contributed by atoms with Crippen LogP contribution >= 0.6 is 0 Å². The molecule has 0 bridgehead atoms. The fourth-order valence-electron chi connectivity index (χ4n) is 2.17. The molecule has 0 aliphatic heterocycles. The maximum Gasteiger partial charge on any atom is 0.262 e. The van der Waals surface area contributed by atoms with E-state index in [2.05, 4.69) is 20.3 Å². The summed E-state index contributed by atoms with van der Waals surface area (Å²) in [6.07, 6.45) is 3.12. The van der Waals surface area contributed by atoms with Crippen molar-refractivity contribution in [3.63, 3.8) is 0 Å². The van der Waals surface area contributed by atoms with Gasteiger partial charge in [0.1, 0.15) is 11.6 Å². The van der Waals surface area contributed by atoms with Gasteiger partial charge in [0, 0.05) is 25.0 Å². The molecule has 0 unspecified atom stereocenters. The first-order valence-electron chi connectivity index (χ1n) is 6.67. The lowest BCUT2D eigenvalue weighted by Crippen LogP contribution is -2.20. The zero-order valence-electron chi connectivity index (χ0n) is 11.8. The van der Waals surface area contributed by atoms with E-state index in [1.165, 1.54) is 12.3 Å². The van der Waals surface area contributed by atoms with Gasteiger partial charge in [-0.1, -0.05) is 0 Å². The molecule has 0 aromatic carbocycles. The zero-order valence-corrected chi connectivity index (χ0v) is 11.8. The van der Waals surface area contributed by atoms with Crippen molar-refractivity contribution in [2.45, 2.75) is 13.5 Å². The minimum Gasteiger partial charge on any atom is -0.493 e. The average molecular weight is 298 g/mol. The van der Waals surface area contributed by atoms with Crippen LogP contribution in [0.1, 0.15) is 6.92 Å². The third-order valence-corrected chi connectivity index (χ3v) is 3.21. The smallest absolute Gasteiger partial charge is 0.262 e. The quantitative estimate of drug-likeness (QED) is 0.665. The Morgan fingerprint density at radius 1 is 1.36 bits per heavy atom. The predicted octanol–water partition coefficient (Wildman–Crippen LogP) is 1.24. The molecule has 3 heterocycles. The second kappa shape index (κ2) is 5.32. The van der Waals surface area contributed by atoms with Gasteiger partial charge in [-0.3, -0.25) is 4.79 Å². The molecule has 8 heteroatoms. The van der Waals surface area contributed by atoms with Crippen LogP contribution in [0.15, 0.2) is 35.4 Å². The molecular weight excluding hydrogens is 284 g/mol. The number of fused-ring (bicyclic) bond motifs is 1. The second-order valence-corrected chi connectivity index (χ2v) is 4.63. The molecule has 3 aromatic heterocycles. The number of nitrogens with two attached hydrogens (primary N) is 1. The Labute approximate surface area is 125 Å². The molecule has 0 aliphatic rings. The highest BCUT2D eigenvalue weighted by molar-refractivity contribution is 5.92. The summed E-state index contributed by atoms with van der Waals surface area (Å²) < 4.78 is 1.56. The molecule has 0 atom stereocenters. The van der Waals surface area contributed by atoms with Gasteiger partial charge in [0.25, 0.3) is 5.56 Å². The van der Waals surface area contributed by atoms with E-state index in [1.54, 1.807) is 22.9 Å². The molecule has 4 N–H and O–H groups in total. The van der Waals surface area contributed by atoms with Crippen LogP contribution in [0.5, 0.6) is 5.88 Å². The van der Waals surface area contributed by atoms with Crippen LogP contribution < -0.4 is 16.6 Å². The van der Waals surface area contributed by atoms with Crippen molar-refractivity contribution in [3.05, 3.63) is 40.9 Å². The van der Waals surface area contributed by atoms with Gasteiger partial charge < -0.3 is 20.7 Å². The van der Waals surface area contributed by atoms with Crippen LogP contribution in [0, 0.1) is 0 Å². The number of pyridine rings is 2. The molecule has 0 aliphatic carbocycles. The minimum absolute atomic E-state index is 0.132. The SMILES string of the molecule is CCn1ccc2cc(Nc3nccc(O)n3)nc(N)c2c1=O. The van der Waals surface area contributed by atoms with Crippen molar-refractivity contribution in [3.8, 4) is 5.88 Å². The van der Waals surface area contributed by atoms with Gasteiger partial charge in [0.05, 0.1) is 5.39 Å². The highest BCUT2D eigenvalue weighted by Gasteiger charge is 2.10. The monoisotopic (exact) mass is 298 g/mol. The lowest BCUT2D eigenvalue weighted by atomic mass is 10.2. The lowest BCUT2D eigenvalue weighted by molar-refractivity contribution is 0.453. The van der Waals surface area contributed by atoms with Crippen LogP contribution in [-0.2, 0) is 6.54 Å². The Morgan fingerprint density at radius 2 is 2.18 bits per heavy atom. The van der Waals surface area contributed by atoms with Crippen LogP contribution in [-0.4, -0.2) is 24.6 Å². The largest absolute Gasteiger partial charge is 0.493 e. The molecule has 0 radical (unpaired) electrons. The van der Waals surface area contributed by atoms with Crippen LogP contribution in [0.25, 0.3) is 10.8 Å². The van der Waals surface area contributed by atoms with Gasteiger partial charge in [0.2, 0.25) is 11.8 Å². The molecule has 0 saturated heterocycles. The summed E-state index contributed by atoms with van der Waals surface area (Å²) in [5, 5.41) is 13.2. The first-order chi connectivity index (χ1) is 10.6. The Balaban J connectivity index is 2.08. The summed E-state index contributed by atoms with van der Waals surface area (Å²) in [4.78, 5) is 24.2. The second-order valence-electron chi connectivity index (χ2n) is 4.63. The number of rotatable bonds is 3. The van der Waals surface area contributed by atoms with E-state index in [1.807, 2.05) is 6.92 Å². The van der Waals surface area contributed by atoms with Crippen molar-refractivity contribution >= 4 is 28.4 Å². The van der Waals surface area contributed by atoms with Crippen molar-refractivity contribution < 1.29 is 5.11 Å².